The maximum Gasteiger partial charge on any atom is 0.242 e. The van der Waals surface area contributed by atoms with Crippen LogP contribution in [0.25, 0.3) is 0 Å². The van der Waals surface area contributed by atoms with Crippen LogP contribution < -0.4 is 16.0 Å². The summed E-state index contributed by atoms with van der Waals surface area (Å²) < 4.78 is 26.4. The number of benzene rings is 1. The minimum absolute atomic E-state index is 0.110. The number of hydrogen-bond donors (Lipinski definition) is 3. The van der Waals surface area contributed by atoms with Crippen LogP contribution in [0.15, 0.2) is 18.2 Å². The van der Waals surface area contributed by atoms with Crippen LogP contribution in [0.4, 0.5) is 8.78 Å². The van der Waals surface area contributed by atoms with Crippen molar-refractivity contribution in [3.8, 4) is 0 Å². The molecule has 1 aliphatic heterocycles. The Morgan fingerprint density at radius 1 is 1.26 bits per heavy atom. The summed E-state index contributed by atoms with van der Waals surface area (Å²) >= 11 is 0. The molecule has 3 atom stereocenters. The van der Waals surface area contributed by atoms with Gasteiger partial charge >= 0.3 is 0 Å². The molecule has 0 aliphatic carbocycles. The van der Waals surface area contributed by atoms with E-state index >= 15 is 0 Å². The van der Waals surface area contributed by atoms with E-state index in [-0.39, 0.29) is 36.3 Å². The van der Waals surface area contributed by atoms with E-state index in [1.807, 2.05) is 6.92 Å². The van der Waals surface area contributed by atoms with Gasteiger partial charge in [-0.05, 0) is 37.0 Å². The van der Waals surface area contributed by atoms with Crippen LogP contribution in [0.5, 0.6) is 0 Å². The third-order valence-electron chi connectivity index (χ3n) is 4.62. The number of halogens is 2. The molecular weight excluding hydrogens is 356 g/mol. The SMILES string of the molecule is CCC1CNC(=O)CC(NC(=O)[C@H](C)NC(=O)Cc2cc(F)cc(F)c2)C1. The van der Waals surface area contributed by atoms with E-state index in [1.54, 1.807) is 0 Å². The van der Waals surface area contributed by atoms with Crippen molar-refractivity contribution in [2.45, 2.75) is 51.6 Å². The van der Waals surface area contributed by atoms with Crippen molar-refractivity contribution in [3.63, 3.8) is 0 Å². The van der Waals surface area contributed by atoms with Crippen molar-refractivity contribution in [1.82, 2.24) is 16.0 Å². The number of rotatable bonds is 6. The Hall–Kier alpha value is -2.51. The Kier molecular flexibility index (Phi) is 7.27. The number of nitrogens with one attached hydrogen (secondary N) is 3. The van der Waals surface area contributed by atoms with Crippen LogP contribution >= 0.6 is 0 Å². The second kappa shape index (κ2) is 9.43. The molecule has 0 saturated carbocycles. The average Bonchev–Trinajstić information content (AvgIpc) is 2.74. The summed E-state index contributed by atoms with van der Waals surface area (Å²) in [5.74, 6) is -2.27. The van der Waals surface area contributed by atoms with Gasteiger partial charge in [0.2, 0.25) is 17.7 Å². The summed E-state index contributed by atoms with van der Waals surface area (Å²) in [6.45, 7) is 4.14. The molecule has 0 bridgehead atoms. The van der Waals surface area contributed by atoms with Crippen LogP contribution in [0.1, 0.15) is 38.7 Å². The normalized spacial score (nSPS) is 21.0. The average molecular weight is 381 g/mol. The van der Waals surface area contributed by atoms with Crippen molar-refractivity contribution >= 4 is 17.7 Å². The molecule has 0 aromatic heterocycles. The molecule has 1 heterocycles. The van der Waals surface area contributed by atoms with Gasteiger partial charge in [-0.2, -0.15) is 0 Å². The van der Waals surface area contributed by atoms with E-state index in [0.717, 1.165) is 24.6 Å². The van der Waals surface area contributed by atoms with Gasteiger partial charge in [-0.25, -0.2) is 8.78 Å². The van der Waals surface area contributed by atoms with Crippen LogP contribution in [-0.4, -0.2) is 36.3 Å². The summed E-state index contributed by atoms with van der Waals surface area (Å²) in [6, 6.07) is 1.75. The first-order valence-corrected chi connectivity index (χ1v) is 9.08. The summed E-state index contributed by atoms with van der Waals surface area (Å²) in [6.07, 6.45) is 1.54. The van der Waals surface area contributed by atoms with Crippen LogP contribution in [0.3, 0.4) is 0 Å². The van der Waals surface area contributed by atoms with E-state index < -0.39 is 29.5 Å². The molecule has 1 aliphatic rings. The quantitative estimate of drug-likeness (QED) is 0.697. The molecule has 1 aromatic carbocycles. The Labute approximate surface area is 157 Å². The fraction of sp³-hybridized carbons (Fsp3) is 0.526. The minimum atomic E-state index is -0.831. The van der Waals surface area contributed by atoms with Gasteiger partial charge in [0.1, 0.15) is 17.7 Å². The van der Waals surface area contributed by atoms with Crippen molar-refractivity contribution in [1.29, 1.82) is 0 Å². The zero-order valence-electron chi connectivity index (χ0n) is 15.5. The summed E-state index contributed by atoms with van der Waals surface area (Å²) in [5, 5.41) is 8.14. The molecule has 1 saturated heterocycles. The van der Waals surface area contributed by atoms with Gasteiger partial charge in [-0.15, -0.1) is 0 Å². The topological polar surface area (TPSA) is 87.3 Å². The first-order chi connectivity index (χ1) is 12.8. The number of carbonyl (C=O) groups is 3. The van der Waals surface area contributed by atoms with E-state index in [4.69, 9.17) is 0 Å². The zero-order chi connectivity index (χ0) is 20.0. The Balaban J connectivity index is 1.88. The largest absolute Gasteiger partial charge is 0.356 e. The lowest BCUT2D eigenvalue weighted by atomic mass is 9.97. The highest BCUT2D eigenvalue weighted by Gasteiger charge is 2.26. The van der Waals surface area contributed by atoms with Gasteiger partial charge in [-0.1, -0.05) is 13.3 Å². The Morgan fingerprint density at radius 3 is 2.56 bits per heavy atom. The van der Waals surface area contributed by atoms with Crippen LogP contribution in [0, 0.1) is 17.6 Å². The molecule has 8 heteroatoms. The third-order valence-corrected chi connectivity index (χ3v) is 4.62. The van der Waals surface area contributed by atoms with Crippen molar-refractivity contribution in [2.24, 2.45) is 5.92 Å². The van der Waals surface area contributed by atoms with Gasteiger partial charge in [0.15, 0.2) is 0 Å². The molecule has 6 nitrogen and oxygen atoms in total. The second-order valence-corrected chi connectivity index (χ2v) is 6.97. The maximum atomic E-state index is 13.2. The lowest BCUT2D eigenvalue weighted by Crippen LogP contribution is -2.49. The smallest absolute Gasteiger partial charge is 0.242 e. The summed E-state index contributed by atoms with van der Waals surface area (Å²) in [5.41, 5.74) is 0.184. The standard InChI is InChI=1S/C19H25F2N3O3/c1-3-12-6-16(9-17(25)22-10-12)24-19(27)11(2)23-18(26)7-13-4-14(20)8-15(21)5-13/h4-5,8,11-12,16H,3,6-7,9-10H2,1-2H3,(H,22,25)(H,23,26)(H,24,27)/t11-,12?,16?/m0/s1. The molecule has 2 unspecified atom stereocenters. The summed E-state index contributed by atoms with van der Waals surface area (Å²) in [4.78, 5) is 36.1. The predicted molar refractivity (Wildman–Crippen MR) is 95.6 cm³/mol. The maximum absolute atomic E-state index is 13.2. The van der Waals surface area contributed by atoms with Gasteiger partial charge in [0.25, 0.3) is 0 Å². The van der Waals surface area contributed by atoms with Gasteiger partial charge in [-0.3, -0.25) is 14.4 Å². The molecule has 27 heavy (non-hydrogen) atoms. The van der Waals surface area contributed by atoms with Crippen LogP contribution in [0.2, 0.25) is 0 Å². The van der Waals surface area contributed by atoms with E-state index in [2.05, 4.69) is 16.0 Å². The number of amides is 3. The molecular formula is C19H25F2N3O3. The monoisotopic (exact) mass is 381 g/mol. The number of carbonyl (C=O) groups excluding carboxylic acids is 3. The molecule has 3 N–H and O–H groups in total. The first-order valence-electron chi connectivity index (χ1n) is 9.08. The van der Waals surface area contributed by atoms with E-state index in [1.165, 1.54) is 6.92 Å². The molecule has 148 valence electrons. The first kappa shape index (κ1) is 20.8. The second-order valence-electron chi connectivity index (χ2n) is 6.97. The molecule has 0 spiro atoms. The van der Waals surface area contributed by atoms with Gasteiger partial charge < -0.3 is 16.0 Å². The fourth-order valence-corrected chi connectivity index (χ4v) is 3.13. The number of hydrogen-bond acceptors (Lipinski definition) is 3. The third kappa shape index (κ3) is 6.62. The lowest BCUT2D eigenvalue weighted by molar-refractivity contribution is -0.129. The molecule has 1 fully saturated rings. The lowest BCUT2D eigenvalue weighted by Gasteiger charge is -2.22. The molecule has 0 radical (unpaired) electrons. The highest BCUT2D eigenvalue weighted by Crippen LogP contribution is 2.16. The van der Waals surface area contributed by atoms with Crippen molar-refractivity contribution < 1.29 is 23.2 Å². The molecule has 2 rings (SSSR count). The predicted octanol–water partition coefficient (Wildman–Crippen LogP) is 1.43. The zero-order valence-corrected chi connectivity index (χ0v) is 15.5. The summed E-state index contributed by atoms with van der Waals surface area (Å²) in [7, 11) is 0. The molecule has 3 amide bonds. The highest BCUT2D eigenvalue weighted by atomic mass is 19.1. The van der Waals surface area contributed by atoms with Crippen molar-refractivity contribution in [2.75, 3.05) is 6.54 Å². The fourth-order valence-electron chi connectivity index (χ4n) is 3.13. The van der Waals surface area contributed by atoms with Gasteiger partial charge in [0.05, 0.1) is 6.42 Å². The van der Waals surface area contributed by atoms with E-state index in [9.17, 15) is 23.2 Å². The van der Waals surface area contributed by atoms with Gasteiger partial charge in [0, 0.05) is 25.1 Å². The highest BCUT2D eigenvalue weighted by molar-refractivity contribution is 5.88. The minimum Gasteiger partial charge on any atom is -0.356 e. The van der Waals surface area contributed by atoms with Crippen molar-refractivity contribution in [3.05, 3.63) is 35.4 Å². The Bertz CT molecular complexity index is 691. The van der Waals surface area contributed by atoms with Crippen LogP contribution in [-0.2, 0) is 20.8 Å². The Morgan fingerprint density at radius 2 is 1.93 bits per heavy atom. The molecule has 1 aromatic rings. The van der Waals surface area contributed by atoms with E-state index in [0.29, 0.717) is 13.0 Å².